The Kier molecular flexibility index (Phi) is 4.00. The van der Waals surface area contributed by atoms with Crippen LogP contribution >= 0.6 is 13.9 Å². The van der Waals surface area contributed by atoms with Crippen LogP contribution < -0.4 is 0 Å². The molecule has 0 saturated carbocycles. The summed E-state index contributed by atoms with van der Waals surface area (Å²) in [5.41, 5.74) is 0. The van der Waals surface area contributed by atoms with Gasteiger partial charge in [0.2, 0.25) is 0 Å². The van der Waals surface area contributed by atoms with Gasteiger partial charge in [-0.05, 0) is 0 Å². The van der Waals surface area contributed by atoms with E-state index in [4.69, 9.17) is 0 Å². The molecule has 0 aromatic carbocycles. The summed E-state index contributed by atoms with van der Waals surface area (Å²) in [5, 5.41) is 5.62. The first-order chi connectivity index (χ1) is 4.54. The van der Waals surface area contributed by atoms with Gasteiger partial charge in [-0.25, -0.2) is 0 Å². The average Bonchev–Trinajstić information content (AvgIpc) is 2.04. The van der Waals surface area contributed by atoms with Crippen molar-refractivity contribution in [2.24, 2.45) is 0 Å². The van der Waals surface area contributed by atoms with Crippen LogP contribution in [0.1, 0.15) is 27.7 Å². The molecule has 0 fully saturated rings. The van der Waals surface area contributed by atoms with Crippen molar-refractivity contribution in [3.63, 3.8) is 0 Å². The fourth-order valence-electron chi connectivity index (χ4n) is 1.34. The molecule has 0 N–H and O–H groups in total. The van der Waals surface area contributed by atoms with Crippen molar-refractivity contribution in [1.29, 1.82) is 0 Å². The van der Waals surface area contributed by atoms with Crippen LogP contribution in [0.5, 0.6) is 0 Å². The van der Waals surface area contributed by atoms with Gasteiger partial charge in [-0.3, -0.25) is 0 Å². The maximum absolute atomic E-state index is 4.07. The minimum absolute atomic E-state index is 1.40. The van der Waals surface area contributed by atoms with E-state index in [1.807, 2.05) is 0 Å². The Morgan fingerprint density at radius 3 is 1.00 bits per heavy atom. The van der Waals surface area contributed by atoms with Gasteiger partial charge >= 0.3 is 73.0 Å². The molecular weight excluding hydrogens is 251 g/mol. The summed E-state index contributed by atoms with van der Waals surface area (Å²) >= 11 is 4.07. The fourth-order valence-corrected chi connectivity index (χ4v) is 6.97. The van der Waals surface area contributed by atoms with E-state index in [0.29, 0.717) is 0 Å². The van der Waals surface area contributed by atoms with E-state index in [2.05, 4.69) is 41.6 Å². The third kappa shape index (κ3) is 2.01. The van der Waals surface area contributed by atoms with Crippen LogP contribution in [0.15, 0.2) is 0 Å². The SMILES string of the molecule is CC[As](Br)(CC)(CC)CC. The molecular formula is C8H20AsBr. The van der Waals surface area contributed by atoms with E-state index in [1.54, 1.807) is 0 Å². The molecule has 0 rings (SSSR count). The van der Waals surface area contributed by atoms with Gasteiger partial charge in [-0.1, -0.05) is 0 Å². The van der Waals surface area contributed by atoms with Crippen molar-refractivity contribution in [2.75, 3.05) is 0 Å². The van der Waals surface area contributed by atoms with E-state index >= 15 is 0 Å². The Bertz CT molecular complexity index is 84.3. The number of hydrogen-bond donors (Lipinski definition) is 0. The Labute approximate surface area is 73.0 Å². The second kappa shape index (κ2) is 3.63. The molecule has 0 saturated heterocycles. The van der Waals surface area contributed by atoms with Crippen LogP contribution in [0.25, 0.3) is 0 Å². The van der Waals surface area contributed by atoms with Crippen molar-refractivity contribution in [3.8, 4) is 0 Å². The first kappa shape index (κ1) is 11.0. The summed E-state index contributed by atoms with van der Waals surface area (Å²) in [6.07, 6.45) is 0. The van der Waals surface area contributed by atoms with Crippen molar-refractivity contribution in [1.82, 2.24) is 0 Å². The minimum atomic E-state index is -1.86. The van der Waals surface area contributed by atoms with Crippen LogP contribution in [0.2, 0.25) is 20.8 Å². The molecule has 0 unspecified atom stereocenters. The second-order valence-electron chi connectivity index (χ2n) is 3.08. The second-order valence-corrected chi connectivity index (χ2v) is 26.5. The molecule has 0 amide bonds. The molecule has 64 valence electrons. The maximum atomic E-state index is 4.07. The van der Waals surface area contributed by atoms with Crippen LogP contribution in [0, 0.1) is 0 Å². The van der Waals surface area contributed by atoms with Gasteiger partial charge in [-0.2, -0.15) is 0 Å². The summed E-state index contributed by atoms with van der Waals surface area (Å²) in [4.78, 5) is 0. The zero-order valence-corrected chi connectivity index (χ0v) is 11.1. The Balaban J connectivity index is 4.42. The van der Waals surface area contributed by atoms with Gasteiger partial charge < -0.3 is 0 Å². The standard InChI is InChI=1S/C8H20AsBr/c1-5-9(10,6-2,7-3)8-4/h5-8H2,1-4H3. The molecule has 0 bridgehead atoms. The number of hydrogen-bond acceptors (Lipinski definition) is 0. The van der Waals surface area contributed by atoms with E-state index in [0.717, 1.165) is 0 Å². The van der Waals surface area contributed by atoms with E-state index < -0.39 is 10.6 Å². The van der Waals surface area contributed by atoms with Crippen molar-refractivity contribution >= 4 is 24.5 Å². The van der Waals surface area contributed by atoms with E-state index in [9.17, 15) is 0 Å². The van der Waals surface area contributed by atoms with Gasteiger partial charge in [0, 0.05) is 0 Å². The average molecular weight is 271 g/mol. The molecule has 2 heteroatoms. The van der Waals surface area contributed by atoms with Crippen LogP contribution in [-0.2, 0) is 0 Å². The van der Waals surface area contributed by atoms with Crippen LogP contribution in [-0.4, -0.2) is 10.6 Å². The van der Waals surface area contributed by atoms with Crippen LogP contribution in [0.3, 0.4) is 0 Å². The zero-order chi connectivity index (χ0) is 8.28. The summed E-state index contributed by atoms with van der Waals surface area (Å²) in [5.74, 6) is 0. The molecule has 10 heavy (non-hydrogen) atoms. The number of rotatable bonds is 4. The Morgan fingerprint density at radius 1 is 0.800 bits per heavy atom. The van der Waals surface area contributed by atoms with E-state index in [-0.39, 0.29) is 0 Å². The summed E-state index contributed by atoms with van der Waals surface area (Å²) in [6, 6.07) is 0. The van der Waals surface area contributed by atoms with Gasteiger partial charge in [-0.15, -0.1) is 0 Å². The monoisotopic (exact) mass is 270 g/mol. The fraction of sp³-hybridized carbons (Fsp3) is 1.00. The Morgan fingerprint density at radius 2 is 1.00 bits per heavy atom. The summed E-state index contributed by atoms with van der Waals surface area (Å²) < 4.78 is 0. The predicted octanol–water partition coefficient (Wildman–Crippen LogP) is 4.36. The number of halogens is 1. The molecule has 0 aromatic heterocycles. The predicted molar refractivity (Wildman–Crippen MR) is 56.6 cm³/mol. The third-order valence-corrected chi connectivity index (χ3v) is 26.9. The molecule has 0 nitrogen and oxygen atoms in total. The van der Waals surface area contributed by atoms with Crippen LogP contribution in [0.4, 0.5) is 0 Å². The van der Waals surface area contributed by atoms with Gasteiger partial charge in [0.1, 0.15) is 0 Å². The topological polar surface area (TPSA) is 0 Å². The van der Waals surface area contributed by atoms with Gasteiger partial charge in [0.15, 0.2) is 0 Å². The third-order valence-electron chi connectivity index (χ3n) is 3.16. The molecule has 0 aliphatic heterocycles. The molecule has 0 aliphatic carbocycles. The van der Waals surface area contributed by atoms with Crippen molar-refractivity contribution < 1.29 is 0 Å². The molecule has 0 spiro atoms. The van der Waals surface area contributed by atoms with Crippen molar-refractivity contribution in [2.45, 2.75) is 48.5 Å². The molecule has 0 aliphatic rings. The molecule has 0 aromatic rings. The van der Waals surface area contributed by atoms with Gasteiger partial charge in [0.05, 0.1) is 0 Å². The first-order valence-electron chi connectivity index (χ1n) is 4.26. The summed E-state index contributed by atoms with van der Waals surface area (Å²) in [6.45, 7) is 9.38. The zero-order valence-electron chi connectivity index (χ0n) is 7.65. The molecule has 0 radical (unpaired) electrons. The summed E-state index contributed by atoms with van der Waals surface area (Å²) in [7, 11) is -1.86. The molecule has 0 heterocycles. The quantitative estimate of drug-likeness (QED) is 0.666. The Hall–Kier alpha value is 1.04. The van der Waals surface area contributed by atoms with Gasteiger partial charge in [0.25, 0.3) is 0 Å². The van der Waals surface area contributed by atoms with E-state index in [1.165, 1.54) is 20.8 Å². The normalized spacial score (nSPS) is 16.3. The molecule has 0 atom stereocenters. The van der Waals surface area contributed by atoms with Crippen molar-refractivity contribution in [3.05, 3.63) is 0 Å². The first-order valence-corrected chi connectivity index (χ1v) is 14.0.